The number of nitrogens with one attached hydrogen (secondary N) is 1. The average molecular weight is 297 g/mol. The normalized spacial score (nSPS) is 17.4. The van der Waals surface area contributed by atoms with Crippen LogP contribution in [0.15, 0.2) is 30.3 Å². The zero-order valence-corrected chi connectivity index (χ0v) is 12.8. The Labute approximate surface area is 121 Å². The third kappa shape index (κ3) is 4.47. The maximum atomic E-state index is 11.3. The van der Waals surface area contributed by atoms with Crippen molar-refractivity contribution in [3.05, 3.63) is 30.3 Å². The van der Waals surface area contributed by atoms with Crippen LogP contribution < -0.4 is 9.62 Å². The molecule has 0 aromatic heterocycles. The summed E-state index contributed by atoms with van der Waals surface area (Å²) >= 11 is 0. The molecule has 0 amide bonds. The molecule has 1 aliphatic heterocycles. The van der Waals surface area contributed by atoms with Gasteiger partial charge in [-0.15, -0.1) is 0 Å². The van der Waals surface area contributed by atoms with Crippen molar-refractivity contribution in [1.82, 2.24) is 9.62 Å². The summed E-state index contributed by atoms with van der Waals surface area (Å²) in [5.74, 6) is 0.148. The highest BCUT2D eigenvalue weighted by Crippen LogP contribution is 2.15. The molecule has 0 unspecified atom stereocenters. The van der Waals surface area contributed by atoms with Crippen LogP contribution >= 0.6 is 0 Å². The van der Waals surface area contributed by atoms with E-state index >= 15 is 0 Å². The van der Waals surface area contributed by atoms with Crippen LogP contribution in [-0.4, -0.2) is 58.3 Å². The number of anilines is 1. The molecule has 5 nitrogen and oxygen atoms in total. The largest absolute Gasteiger partial charge is 0.369 e. The Morgan fingerprint density at radius 3 is 2.35 bits per heavy atom. The van der Waals surface area contributed by atoms with Crippen LogP contribution in [0.2, 0.25) is 0 Å². The van der Waals surface area contributed by atoms with Gasteiger partial charge in [0.1, 0.15) is 0 Å². The summed E-state index contributed by atoms with van der Waals surface area (Å²) < 4.78 is 25.3. The first-order valence-electron chi connectivity index (χ1n) is 7.10. The van der Waals surface area contributed by atoms with Crippen LogP contribution in [0.3, 0.4) is 0 Å². The fraction of sp³-hybridized carbons (Fsp3) is 0.571. The lowest BCUT2D eigenvalue weighted by atomic mass is 10.2. The van der Waals surface area contributed by atoms with Gasteiger partial charge < -0.3 is 4.90 Å². The molecule has 20 heavy (non-hydrogen) atoms. The van der Waals surface area contributed by atoms with E-state index < -0.39 is 10.0 Å². The second-order valence-electron chi connectivity index (χ2n) is 4.96. The fourth-order valence-corrected chi connectivity index (χ4v) is 2.94. The smallest absolute Gasteiger partial charge is 0.211 e. The minimum Gasteiger partial charge on any atom is -0.369 e. The van der Waals surface area contributed by atoms with E-state index in [1.54, 1.807) is 6.92 Å². The molecule has 2 rings (SSSR count). The SMILES string of the molecule is CCS(=O)(=O)NCCN1CCN(c2ccccc2)CC1. The van der Waals surface area contributed by atoms with Crippen LogP contribution in [0.1, 0.15) is 6.92 Å². The van der Waals surface area contributed by atoms with E-state index in [4.69, 9.17) is 0 Å². The van der Waals surface area contributed by atoms with Gasteiger partial charge in [0.25, 0.3) is 0 Å². The standard InChI is InChI=1S/C14H23N3O2S/c1-2-20(18,19)15-8-9-16-10-12-17(13-11-16)14-6-4-3-5-7-14/h3-7,15H,2,8-13H2,1H3. The topological polar surface area (TPSA) is 52.7 Å². The Kier molecular flexibility index (Phi) is 5.39. The van der Waals surface area contributed by atoms with Gasteiger partial charge in [-0.05, 0) is 19.1 Å². The maximum Gasteiger partial charge on any atom is 0.211 e. The summed E-state index contributed by atoms with van der Waals surface area (Å²) in [6, 6.07) is 10.4. The van der Waals surface area contributed by atoms with Crippen LogP contribution in [0.25, 0.3) is 0 Å². The molecule has 0 radical (unpaired) electrons. The number of piperazine rings is 1. The minimum absolute atomic E-state index is 0.148. The van der Waals surface area contributed by atoms with Gasteiger partial charge >= 0.3 is 0 Å². The Morgan fingerprint density at radius 2 is 1.75 bits per heavy atom. The summed E-state index contributed by atoms with van der Waals surface area (Å²) in [4.78, 5) is 4.67. The molecule has 0 bridgehead atoms. The lowest BCUT2D eigenvalue weighted by Crippen LogP contribution is -2.48. The number of nitrogens with zero attached hydrogens (tertiary/aromatic N) is 2. The highest BCUT2D eigenvalue weighted by atomic mass is 32.2. The maximum absolute atomic E-state index is 11.3. The van der Waals surface area contributed by atoms with Gasteiger partial charge in [-0.1, -0.05) is 18.2 Å². The molecular formula is C14H23N3O2S. The average Bonchev–Trinajstić information content (AvgIpc) is 2.49. The van der Waals surface area contributed by atoms with Gasteiger partial charge in [-0.25, -0.2) is 13.1 Å². The van der Waals surface area contributed by atoms with E-state index in [0.717, 1.165) is 32.7 Å². The number of sulfonamides is 1. The van der Waals surface area contributed by atoms with E-state index in [2.05, 4.69) is 38.8 Å². The molecule has 0 atom stereocenters. The summed E-state index contributed by atoms with van der Waals surface area (Å²) in [5, 5.41) is 0. The molecule has 1 heterocycles. The predicted octanol–water partition coefficient (Wildman–Crippen LogP) is 0.748. The summed E-state index contributed by atoms with van der Waals surface area (Å²) in [5.41, 5.74) is 1.26. The third-order valence-corrected chi connectivity index (χ3v) is 5.03. The minimum atomic E-state index is -3.06. The second-order valence-corrected chi connectivity index (χ2v) is 7.06. The van der Waals surface area contributed by atoms with E-state index in [9.17, 15) is 8.42 Å². The van der Waals surface area contributed by atoms with Gasteiger partial charge in [-0.2, -0.15) is 0 Å². The molecule has 0 aliphatic carbocycles. The molecule has 1 aromatic rings. The Balaban J connectivity index is 1.72. The van der Waals surface area contributed by atoms with Crippen molar-refractivity contribution < 1.29 is 8.42 Å². The summed E-state index contributed by atoms with van der Waals surface area (Å²) in [6.45, 7) is 6.87. The molecule has 112 valence electrons. The van der Waals surface area contributed by atoms with E-state index in [-0.39, 0.29) is 5.75 Å². The molecule has 0 spiro atoms. The predicted molar refractivity (Wildman–Crippen MR) is 82.6 cm³/mol. The van der Waals surface area contributed by atoms with Crippen molar-refractivity contribution in [3.63, 3.8) is 0 Å². The first-order valence-corrected chi connectivity index (χ1v) is 8.75. The van der Waals surface area contributed by atoms with Crippen molar-refractivity contribution in [2.45, 2.75) is 6.92 Å². The van der Waals surface area contributed by atoms with Crippen molar-refractivity contribution in [1.29, 1.82) is 0 Å². The van der Waals surface area contributed by atoms with Crippen molar-refractivity contribution in [2.24, 2.45) is 0 Å². The molecule has 1 fully saturated rings. The van der Waals surface area contributed by atoms with Crippen LogP contribution in [0.4, 0.5) is 5.69 Å². The van der Waals surface area contributed by atoms with Gasteiger partial charge in [0, 0.05) is 45.0 Å². The molecular weight excluding hydrogens is 274 g/mol. The lowest BCUT2D eigenvalue weighted by Gasteiger charge is -2.36. The molecule has 1 saturated heterocycles. The number of rotatable bonds is 6. The van der Waals surface area contributed by atoms with Crippen LogP contribution in [0, 0.1) is 0 Å². The number of para-hydroxylation sites is 1. The fourth-order valence-electron chi connectivity index (χ4n) is 2.33. The van der Waals surface area contributed by atoms with Crippen molar-refractivity contribution in [2.75, 3.05) is 49.9 Å². The number of hydrogen-bond acceptors (Lipinski definition) is 4. The van der Waals surface area contributed by atoms with Gasteiger partial charge in [-0.3, -0.25) is 4.90 Å². The number of benzene rings is 1. The molecule has 1 N–H and O–H groups in total. The zero-order chi connectivity index (χ0) is 14.4. The van der Waals surface area contributed by atoms with Gasteiger partial charge in [0.2, 0.25) is 10.0 Å². The van der Waals surface area contributed by atoms with Crippen molar-refractivity contribution in [3.8, 4) is 0 Å². The first-order chi connectivity index (χ1) is 9.61. The monoisotopic (exact) mass is 297 g/mol. The Morgan fingerprint density at radius 1 is 1.10 bits per heavy atom. The lowest BCUT2D eigenvalue weighted by molar-refractivity contribution is 0.262. The highest BCUT2D eigenvalue weighted by Gasteiger charge is 2.17. The quantitative estimate of drug-likeness (QED) is 0.842. The van der Waals surface area contributed by atoms with E-state index in [0.29, 0.717) is 6.54 Å². The second kappa shape index (κ2) is 7.06. The van der Waals surface area contributed by atoms with Crippen molar-refractivity contribution >= 4 is 15.7 Å². The van der Waals surface area contributed by atoms with Gasteiger partial charge in [0.05, 0.1) is 5.75 Å². The number of hydrogen-bond donors (Lipinski definition) is 1. The van der Waals surface area contributed by atoms with Crippen LogP contribution in [0.5, 0.6) is 0 Å². The third-order valence-electron chi connectivity index (χ3n) is 3.62. The molecule has 0 saturated carbocycles. The van der Waals surface area contributed by atoms with E-state index in [1.807, 2.05) is 6.07 Å². The summed E-state index contributed by atoms with van der Waals surface area (Å²) in [7, 11) is -3.06. The van der Waals surface area contributed by atoms with Crippen LogP contribution in [-0.2, 0) is 10.0 Å². The zero-order valence-electron chi connectivity index (χ0n) is 12.0. The van der Waals surface area contributed by atoms with E-state index in [1.165, 1.54) is 5.69 Å². The molecule has 1 aromatic carbocycles. The Bertz CT molecular complexity index is 496. The summed E-state index contributed by atoms with van der Waals surface area (Å²) in [6.07, 6.45) is 0. The van der Waals surface area contributed by atoms with Gasteiger partial charge in [0.15, 0.2) is 0 Å². The highest BCUT2D eigenvalue weighted by molar-refractivity contribution is 7.89. The first kappa shape index (κ1) is 15.3. The Hall–Kier alpha value is -1.11. The molecule has 1 aliphatic rings. The molecule has 6 heteroatoms.